The van der Waals surface area contributed by atoms with E-state index in [0.717, 1.165) is 49.1 Å². The van der Waals surface area contributed by atoms with E-state index < -0.39 is 41.5 Å². The van der Waals surface area contributed by atoms with Crippen molar-refractivity contribution in [3.8, 4) is 5.00 Å². The summed E-state index contributed by atoms with van der Waals surface area (Å²) >= 11 is 7.88. The van der Waals surface area contributed by atoms with Gasteiger partial charge >= 0.3 is 0 Å². The highest BCUT2D eigenvalue weighted by molar-refractivity contribution is 7.15. The van der Waals surface area contributed by atoms with Crippen LogP contribution in [0.4, 0.5) is 4.39 Å². The minimum Gasteiger partial charge on any atom is -0.355 e. The molecule has 5 amide bonds. The van der Waals surface area contributed by atoms with Crippen molar-refractivity contribution in [2.24, 2.45) is 4.99 Å². The molecule has 2 saturated heterocycles. The maximum absolute atomic E-state index is 15.3. The number of carbonyl (C=O) groups is 5. The second-order valence-corrected chi connectivity index (χ2v) is 16.2. The minimum absolute atomic E-state index is 0.00484. The van der Waals surface area contributed by atoms with E-state index in [9.17, 15) is 24.0 Å². The number of hydrogen-bond acceptors (Lipinski definition) is 11. The fourth-order valence-electron chi connectivity index (χ4n) is 7.80. The molecule has 2 atom stereocenters. The van der Waals surface area contributed by atoms with Gasteiger partial charge in [0, 0.05) is 78.8 Å². The van der Waals surface area contributed by atoms with Gasteiger partial charge in [0.05, 0.1) is 23.3 Å². The molecule has 290 valence electrons. The lowest BCUT2D eigenvalue weighted by molar-refractivity contribution is -0.136. The molecule has 0 bridgehead atoms. The molecule has 17 heteroatoms. The summed E-state index contributed by atoms with van der Waals surface area (Å²) in [6, 6.07) is 8.34. The number of halogens is 2. The molecule has 14 nitrogen and oxygen atoms in total. The highest BCUT2D eigenvalue weighted by Gasteiger charge is 2.45. The second kappa shape index (κ2) is 15.1. The number of nitrogens with zero attached hydrogens (tertiary/aromatic N) is 7. The number of amides is 5. The molecule has 0 spiro atoms. The van der Waals surface area contributed by atoms with Gasteiger partial charge in [0.1, 0.15) is 28.7 Å². The van der Waals surface area contributed by atoms with Crippen molar-refractivity contribution in [3.05, 3.63) is 97.1 Å². The van der Waals surface area contributed by atoms with Crippen LogP contribution in [0.2, 0.25) is 5.02 Å². The molecule has 2 N–H and O–H groups in total. The molecule has 6 heterocycles. The third kappa shape index (κ3) is 6.95. The zero-order chi connectivity index (χ0) is 39.4. The Morgan fingerprint density at radius 3 is 2.39 bits per heavy atom. The molecule has 8 rings (SSSR count). The third-order valence-corrected chi connectivity index (χ3v) is 12.4. The molecule has 1 unspecified atom stereocenters. The predicted octanol–water partition coefficient (Wildman–Crippen LogP) is 3.66. The van der Waals surface area contributed by atoms with E-state index >= 15 is 4.39 Å². The molecule has 2 aromatic heterocycles. The number of nitrogens with one attached hydrogen (secondary N) is 2. The van der Waals surface area contributed by atoms with Gasteiger partial charge in [-0.1, -0.05) is 23.7 Å². The highest BCUT2D eigenvalue weighted by atomic mass is 35.5. The molecular weight excluding hydrogens is 761 g/mol. The minimum atomic E-state index is -1.11. The first-order valence-electron chi connectivity index (χ1n) is 18.5. The van der Waals surface area contributed by atoms with Crippen LogP contribution in [0.1, 0.15) is 84.8 Å². The maximum atomic E-state index is 15.3. The molecule has 0 aliphatic carbocycles. The van der Waals surface area contributed by atoms with Crippen LogP contribution in [-0.4, -0.2) is 110 Å². The topological polar surface area (TPSA) is 162 Å². The lowest BCUT2D eigenvalue weighted by atomic mass is 9.99. The van der Waals surface area contributed by atoms with Crippen molar-refractivity contribution in [2.45, 2.75) is 58.7 Å². The van der Waals surface area contributed by atoms with Crippen LogP contribution >= 0.6 is 22.9 Å². The number of imide groups is 2. The number of benzene rings is 2. The molecule has 4 aromatic rings. The van der Waals surface area contributed by atoms with Crippen LogP contribution in [0.3, 0.4) is 0 Å². The van der Waals surface area contributed by atoms with Gasteiger partial charge in [-0.2, -0.15) is 0 Å². The first-order chi connectivity index (χ1) is 26.9. The Kier molecular flexibility index (Phi) is 10.2. The van der Waals surface area contributed by atoms with E-state index in [-0.39, 0.29) is 48.4 Å². The SMILES string of the molecule is Cc1sc2c(c1C)C(c1ccc(Cl)cc1)=N[C@@H](CC(=O)NCCN1CCN(Cc3cc4c(cc3F)C(=O)N(C3CCC(=O)NC3=O)C4=O)CC1)c1nnc(C)n1-2. The van der Waals surface area contributed by atoms with Crippen molar-refractivity contribution in [1.82, 2.24) is 40.1 Å². The summed E-state index contributed by atoms with van der Waals surface area (Å²) in [6.45, 7) is 9.97. The smallest absolute Gasteiger partial charge is 0.262 e. The molecule has 56 heavy (non-hydrogen) atoms. The summed E-state index contributed by atoms with van der Waals surface area (Å²) in [5, 5.41) is 15.7. The predicted molar refractivity (Wildman–Crippen MR) is 206 cm³/mol. The van der Waals surface area contributed by atoms with Gasteiger partial charge in [-0.15, -0.1) is 21.5 Å². The average Bonchev–Trinajstić information content (AvgIpc) is 3.73. The number of aromatic nitrogens is 3. The van der Waals surface area contributed by atoms with Crippen molar-refractivity contribution in [1.29, 1.82) is 0 Å². The van der Waals surface area contributed by atoms with Gasteiger partial charge < -0.3 is 5.32 Å². The Balaban J connectivity index is 0.874. The van der Waals surface area contributed by atoms with E-state index in [2.05, 4.69) is 44.5 Å². The fourth-order valence-corrected chi connectivity index (χ4v) is 9.14. The fraction of sp³-hybridized carbons (Fsp3) is 0.385. The van der Waals surface area contributed by atoms with Crippen molar-refractivity contribution in [2.75, 3.05) is 39.3 Å². The van der Waals surface area contributed by atoms with E-state index in [4.69, 9.17) is 16.6 Å². The van der Waals surface area contributed by atoms with E-state index in [0.29, 0.717) is 50.1 Å². The van der Waals surface area contributed by atoms with Crippen molar-refractivity contribution < 1.29 is 28.4 Å². The van der Waals surface area contributed by atoms with Crippen LogP contribution < -0.4 is 10.6 Å². The third-order valence-electron chi connectivity index (χ3n) is 11.0. The van der Waals surface area contributed by atoms with Crippen LogP contribution in [0.15, 0.2) is 41.4 Å². The molecule has 0 radical (unpaired) electrons. The average molecular weight is 800 g/mol. The van der Waals surface area contributed by atoms with Crippen LogP contribution in [0.5, 0.6) is 0 Å². The standard InChI is InChI=1S/C39H39ClFN9O5S/c1-20-21(2)56-39-33(20)34(23-4-6-25(40)7-5-23)43-29(35-46-45-22(3)49(35)39)18-32(52)42-10-11-47-12-14-48(15-13-47)19-24-16-26-27(17-28(24)41)38(55)50(37(26)54)30-8-9-31(51)44-36(30)53/h4-7,16-17,29-30H,8-15,18-19H2,1-3H3,(H,42,52)(H,44,51,53)/t29-,30?/m0/s1. The number of fused-ring (bicyclic) bond motifs is 4. The zero-order valence-corrected chi connectivity index (χ0v) is 32.6. The van der Waals surface area contributed by atoms with Gasteiger partial charge in [0.25, 0.3) is 11.8 Å². The summed E-state index contributed by atoms with van der Waals surface area (Å²) in [7, 11) is 0. The number of piperidine rings is 1. The van der Waals surface area contributed by atoms with E-state index in [1.54, 1.807) is 11.3 Å². The summed E-state index contributed by atoms with van der Waals surface area (Å²) in [6.07, 6.45) is 0.118. The summed E-state index contributed by atoms with van der Waals surface area (Å²) in [5.74, 6) is -2.01. The number of piperazine rings is 1. The van der Waals surface area contributed by atoms with Gasteiger partial charge in [-0.25, -0.2) is 4.39 Å². The Hall–Kier alpha value is -5.16. The molecule has 4 aliphatic rings. The normalized spacial score (nSPS) is 20.0. The molecule has 2 aromatic carbocycles. The number of rotatable bonds is 9. The molecular formula is C39H39ClFN9O5S. The van der Waals surface area contributed by atoms with Gasteiger partial charge in [0.15, 0.2) is 5.82 Å². The number of carbonyl (C=O) groups excluding carboxylic acids is 5. The lowest BCUT2D eigenvalue weighted by Gasteiger charge is -2.34. The van der Waals surface area contributed by atoms with Crippen LogP contribution in [-0.2, 0) is 20.9 Å². The van der Waals surface area contributed by atoms with Gasteiger partial charge in [-0.05, 0) is 57.0 Å². The number of aliphatic imine (C=N–C) groups is 1. The molecule has 2 fully saturated rings. The van der Waals surface area contributed by atoms with Crippen LogP contribution in [0.25, 0.3) is 5.00 Å². The summed E-state index contributed by atoms with van der Waals surface area (Å²) in [4.78, 5) is 75.2. The quantitative estimate of drug-likeness (QED) is 0.241. The Bertz CT molecular complexity index is 2330. The first kappa shape index (κ1) is 37.7. The summed E-state index contributed by atoms with van der Waals surface area (Å²) in [5.41, 5.74) is 4.05. The largest absolute Gasteiger partial charge is 0.355 e. The molecule has 4 aliphatic heterocycles. The number of hydrogen-bond donors (Lipinski definition) is 2. The zero-order valence-electron chi connectivity index (χ0n) is 31.0. The van der Waals surface area contributed by atoms with Crippen molar-refractivity contribution in [3.63, 3.8) is 0 Å². The maximum Gasteiger partial charge on any atom is 0.262 e. The highest BCUT2D eigenvalue weighted by Crippen LogP contribution is 2.39. The van der Waals surface area contributed by atoms with Crippen molar-refractivity contribution >= 4 is 58.2 Å². The molecule has 0 saturated carbocycles. The monoisotopic (exact) mass is 799 g/mol. The van der Waals surface area contributed by atoms with Crippen LogP contribution in [0, 0.1) is 26.6 Å². The Morgan fingerprint density at radius 1 is 0.982 bits per heavy atom. The van der Waals surface area contributed by atoms with E-state index in [1.807, 2.05) is 35.8 Å². The van der Waals surface area contributed by atoms with Gasteiger partial charge in [-0.3, -0.25) is 53.5 Å². The van der Waals surface area contributed by atoms with E-state index in [1.165, 1.54) is 6.07 Å². The lowest BCUT2D eigenvalue weighted by Crippen LogP contribution is -2.54. The Labute approximate surface area is 330 Å². The first-order valence-corrected chi connectivity index (χ1v) is 19.7. The second-order valence-electron chi connectivity index (χ2n) is 14.5. The summed E-state index contributed by atoms with van der Waals surface area (Å²) < 4.78 is 17.3. The number of aryl methyl sites for hydroxylation is 2. The van der Waals surface area contributed by atoms with Gasteiger partial charge in [0.2, 0.25) is 17.7 Å². The Morgan fingerprint density at radius 2 is 1.68 bits per heavy atom. The number of thiophene rings is 1.